The number of hydrogen-bond donors (Lipinski definition) is 1. The third-order valence-electron chi connectivity index (χ3n) is 4.98. The van der Waals surface area contributed by atoms with E-state index < -0.39 is 12.2 Å². The van der Waals surface area contributed by atoms with Crippen LogP contribution in [0.25, 0.3) is 11.0 Å². The number of para-hydroxylation sites is 1. The van der Waals surface area contributed by atoms with Crippen molar-refractivity contribution in [1.29, 1.82) is 0 Å². The molecule has 1 atom stereocenters. The van der Waals surface area contributed by atoms with E-state index in [4.69, 9.17) is 4.42 Å². The Hall–Kier alpha value is -2.22. The van der Waals surface area contributed by atoms with E-state index in [-0.39, 0.29) is 0 Å². The molecule has 1 aromatic carbocycles. The summed E-state index contributed by atoms with van der Waals surface area (Å²) in [6.45, 7) is 3.63. The van der Waals surface area contributed by atoms with E-state index in [1.807, 2.05) is 35.2 Å². The Morgan fingerprint density at radius 2 is 1.93 bits per heavy atom. The minimum Gasteiger partial charge on any atom is -0.461 e. The molecular weight excluding hydrogens is 357 g/mol. The van der Waals surface area contributed by atoms with Gasteiger partial charge in [0.25, 0.3) is 0 Å². The summed E-state index contributed by atoms with van der Waals surface area (Å²) in [5.41, 5.74) is 0.867. The van der Waals surface area contributed by atoms with Crippen molar-refractivity contribution in [2.45, 2.75) is 25.6 Å². The maximum absolute atomic E-state index is 12.9. The molecule has 3 rings (SSSR count). The molecule has 0 saturated carbocycles. The zero-order valence-electron chi connectivity index (χ0n) is 15.6. The van der Waals surface area contributed by atoms with Crippen molar-refractivity contribution in [2.75, 3.05) is 39.8 Å². The molecule has 0 radical (unpaired) electrons. The first-order chi connectivity index (χ1) is 12.9. The van der Waals surface area contributed by atoms with Crippen molar-refractivity contribution in [2.24, 2.45) is 4.99 Å². The zero-order valence-corrected chi connectivity index (χ0v) is 15.6. The summed E-state index contributed by atoms with van der Waals surface area (Å²) in [5.74, 6) is 1.60. The van der Waals surface area contributed by atoms with Crippen LogP contribution in [0.5, 0.6) is 0 Å². The highest BCUT2D eigenvalue weighted by atomic mass is 19.4. The number of hydrogen-bond acceptors (Lipinski definition) is 3. The summed E-state index contributed by atoms with van der Waals surface area (Å²) in [7, 11) is 1.69. The number of fused-ring (bicyclic) bond motifs is 1. The van der Waals surface area contributed by atoms with E-state index in [9.17, 15) is 13.2 Å². The SMILES string of the molecule is CN=C(NCCc1cc2ccccc2o1)N1CCN(C(C)C(F)(F)F)CC1. The van der Waals surface area contributed by atoms with Crippen molar-refractivity contribution in [3.05, 3.63) is 36.1 Å². The Morgan fingerprint density at radius 1 is 1.22 bits per heavy atom. The van der Waals surface area contributed by atoms with Crippen LogP contribution in [0.3, 0.4) is 0 Å². The monoisotopic (exact) mass is 382 g/mol. The standard InChI is InChI=1S/C19H25F3N4O/c1-14(19(20,21)22)25-9-11-26(12-10-25)18(23-2)24-8-7-16-13-15-5-3-4-6-17(15)27-16/h3-6,13-14H,7-12H2,1-2H3,(H,23,24). The van der Waals surface area contributed by atoms with Crippen LogP contribution in [0.15, 0.2) is 39.7 Å². The van der Waals surface area contributed by atoms with E-state index in [1.54, 1.807) is 7.05 Å². The number of rotatable bonds is 4. The smallest absolute Gasteiger partial charge is 0.403 e. The normalized spacial score (nSPS) is 18.1. The summed E-state index contributed by atoms with van der Waals surface area (Å²) in [6, 6.07) is 8.47. The van der Waals surface area contributed by atoms with Gasteiger partial charge >= 0.3 is 6.18 Å². The van der Waals surface area contributed by atoms with Gasteiger partial charge in [0.2, 0.25) is 0 Å². The number of halogens is 3. The van der Waals surface area contributed by atoms with Crippen molar-refractivity contribution < 1.29 is 17.6 Å². The van der Waals surface area contributed by atoms with Crippen LogP contribution < -0.4 is 5.32 Å². The molecule has 0 aliphatic carbocycles. The predicted octanol–water partition coefficient (Wildman–Crippen LogP) is 3.12. The second-order valence-corrected chi connectivity index (χ2v) is 6.72. The fourth-order valence-electron chi connectivity index (χ4n) is 3.32. The lowest BCUT2D eigenvalue weighted by atomic mass is 10.2. The molecule has 1 aromatic heterocycles. The highest BCUT2D eigenvalue weighted by molar-refractivity contribution is 5.80. The molecule has 27 heavy (non-hydrogen) atoms. The molecule has 5 nitrogen and oxygen atoms in total. The molecule has 0 amide bonds. The Bertz CT molecular complexity index is 746. The van der Waals surface area contributed by atoms with Crippen LogP contribution in [0.2, 0.25) is 0 Å². The first-order valence-electron chi connectivity index (χ1n) is 9.12. The molecule has 1 saturated heterocycles. The van der Waals surface area contributed by atoms with Crippen LogP contribution in [0.1, 0.15) is 12.7 Å². The zero-order chi connectivity index (χ0) is 19.4. The Morgan fingerprint density at radius 3 is 2.56 bits per heavy atom. The predicted molar refractivity (Wildman–Crippen MR) is 99.9 cm³/mol. The molecule has 1 aliphatic heterocycles. The van der Waals surface area contributed by atoms with Crippen LogP contribution in [0.4, 0.5) is 13.2 Å². The van der Waals surface area contributed by atoms with Crippen molar-refractivity contribution in [1.82, 2.24) is 15.1 Å². The second-order valence-electron chi connectivity index (χ2n) is 6.72. The van der Waals surface area contributed by atoms with Gasteiger partial charge in [0.1, 0.15) is 17.4 Å². The minimum absolute atomic E-state index is 0.366. The Balaban J connectivity index is 1.48. The molecule has 1 fully saturated rings. The van der Waals surface area contributed by atoms with Crippen LogP contribution in [-0.4, -0.2) is 67.7 Å². The van der Waals surface area contributed by atoms with Gasteiger partial charge in [-0.1, -0.05) is 18.2 Å². The quantitative estimate of drug-likeness (QED) is 0.652. The second kappa shape index (κ2) is 8.21. The fourth-order valence-corrected chi connectivity index (χ4v) is 3.32. The molecule has 8 heteroatoms. The molecule has 2 heterocycles. The number of nitrogens with one attached hydrogen (secondary N) is 1. The molecule has 1 N–H and O–H groups in total. The van der Waals surface area contributed by atoms with Crippen molar-refractivity contribution in [3.8, 4) is 0 Å². The topological polar surface area (TPSA) is 44.0 Å². The number of benzene rings is 1. The number of guanidine groups is 1. The van der Waals surface area contributed by atoms with E-state index in [0.717, 1.165) is 16.7 Å². The van der Waals surface area contributed by atoms with E-state index in [0.29, 0.717) is 45.1 Å². The maximum Gasteiger partial charge on any atom is 0.403 e. The molecule has 148 valence electrons. The number of piperazine rings is 1. The van der Waals surface area contributed by atoms with Gasteiger partial charge in [0, 0.05) is 51.6 Å². The van der Waals surface area contributed by atoms with Gasteiger partial charge in [-0.25, -0.2) is 0 Å². The van der Waals surface area contributed by atoms with E-state index in [1.165, 1.54) is 11.8 Å². The Kier molecular flexibility index (Phi) is 5.94. The van der Waals surface area contributed by atoms with Gasteiger partial charge in [-0.05, 0) is 19.1 Å². The average molecular weight is 382 g/mol. The minimum atomic E-state index is -4.19. The number of alkyl halides is 3. The highest BCUT2D eigenvalue weighted by Gasteiger charge is 2.41. The molecule has 0 bridgehead atoms. The molecule has 2 aromatic rings. The third kappa shape index (κ3) is 4.74. The highest BCUT2D eigenvalue weighted by Crippen LogP contribution is 2.25. The largest absolute Gasteiger partial charge is 0.461 e. The van der Waals surface area contributed by atoms with Gasteiger partial charge < -0.3 is 14.6 Å². The summed E-state index contributed by atoms with van der Waals surface area (Å²) >= 11 is 0. The summed E-state index contributed by atoms with van der Waals surface area (Å²) in [6.07, 6.45) is -3.48. The number of aliphatic imine (C=N–C) groups is 1. The summed E-state index contributed by atoms with van der Waals surface area (Å²) in [4.78, 5) is 7.73. The lowest BCUT2D eigenvalue weighted by molar-refractivity contribution is -0.181. The maximum atomic E-state index is 12.9. The molecule has 1 unspecified atom stereocenters. The first-order valence-corrected chi connectivity index (χ1v) is 9.12. The third-order valence-corrected chi connectivity index (χ3v) is 4.98. The summed E-state index contributed by atoms with van der Waals surface area (Å²) in [5, 5.41) is 4.36. The summed E-state index contributed by atoms with van der Waals surface area (Å²) < 4.78 is 44.4. The van der Waals surface area contributed by atoms with Crippen molar-refractivity contribution >= 4 is 16.9 Å². The lowest BCUT2D eigenvalue weighted by Crippen LogP contribution is -2.56. The lowest BCUT2D eigenvalue weighted by Gasteiger charge is -2.39. The Labute approximate surface area is 156 Å². The number of furan rings is 1. The van der Waals surface area contributed by atoms with Gasteiger partial charge in [-0.2, -0.15) is 13.2 Å². The first kappa shape index (κ1) is 19.5. The van der Waals surface area contributed by atoms with E-state index >= 15 is 0 Å². The molecular formula is C19H25F3N4O. The van der Waals surface area contributed by atoms with Crippen molar-refractivity contribution in [3.63, 3.8) is 0 Å². The van der Waals surface area contributed by atoms with Crippen LogP contribution in [0, 0.1) is 0 Å². The van der Waals surface area contributed by atoms with Gasteiger partial charge in [0.15, 0.2) is 5.96 Å². The van der Waals surface area contributed by atoms with Crippen LogP contribution in [-0.2, 0) is 6.42 Å². The van der Waals surface area contributed by atoms with E-state index in [2.05, 4.69) is 10.3 Å². The van der Waals surface area contributed by atoms with Gasteiger partial charge in [0.05, 0.1) is 0 Å². The average Bonchev–Trinajstić information content (AvgIpc) is 3.07. The number of nitrogens with zero attached hydrogens (tertiary/aromatic N) is 3. The van der Waals surface area contributed by atoms with Gasteiger partial charge in [-0.15, -0.1) is 0 Å². The molecule has 1 aliphatic rings. The fraction of sp³-hybridized carbons (Fsp3) is 0.526. The van der Waals surface area contributed by atoms with Crippen LogP contribution >= 0.6 is 0 Å². The van der Waals surface area contributed by atoms with Gasteiger partial charge in [-0.3, -0.25) is 9.89 Å². The molecule has 0 spiro atoms.